The first-order valence-corrected chi connectivity index (χ1v) is 15.4. The minimum absolute atomic E-state index is 0.0218. The van der Waals surface area contributed by atoms with Crippen LogP contribution in [0.1, 0.15) is 5.69 Å². The summed E-state index contributed by atoms with van der Waals surface area (Å²) in [6, 6.07) is 0.0737. The molecule has 0 aliphatic carbocycles. The van der Waals surface area contributed by atoms with Gasteiger partial charge >= 0.3 is 5.97 Å². The standard InChI is InChI=1S/C21H22ClN9O6S4/c22-15-11(29-21(25)41-15)12(30-37)16(33)28-13-17(34)31-14(19(35)36)10(6-39-18(13)31)40-8-1-2-26-3-9(8)38-5-7(4-32)27-20(23)24/h1-3,7,13,18,32,37H,4-6H2,(H2,25,29)(H,28,33)(H,35,36)(H4,23,24,27)/b30-12-/t7?,13-,18+/m1/s1. The molecule has 0 bridgehead atoms. The van der Waals surface area contributed by atoms with Gasteiger partial charge in [0.2, 0.25) is 0 Å². The number of oxime groups is 1. The van der Waals surface area contributed by atoms with Crippen molar-refractivity contribution < 1.29 is 29.8 Å². The number of amides is 2. The fourth-order valence-electron chi connectivity index (χ4n) is 3.76. The summed E-state index contributed by atoms with van der Waals surface area (Å²) in [7, 11) is 0. The number of rotatable bonds is 11. The van der Waals surface area contributed by atoms with E-state index in [1.807, 2.05) is 0 Å². The predicted molar refractivity (Wildman–Crippen MR) is 157 cm³/mol. The molecule has 4 heterocycles. The predicted octanol–water partition coefficient (Wildman–Crippen LogP) is 0.167. The molecule has 1 fully saturated rings. The summed E-state index contributed by atoms with van der Waals surface area (Å²) in [4.78, 5) is 53.1. The Bertz CT molecular complexity index is 1460. The topological polar surface area (TPSA) is 256 Å². The zero-order chi connectivity index (χ0) is 29.8. The number of thiazole rings is 1. The van der Waals surface area contributed by atoms with Crippen LogP contribution in [0, 0.1) is 0 Å². The molecule has 2 amide bonds. The van der Waals surface area contributed by atoms with E-state index < -0.39 is 41.0 Å². The number of aromatic nitrogens is 2. The molecule has 20 heteroatoms. The number of nitrogens with zero attached hydrogens (tertiary/aromatic N) is 5. The third-order valence-corrected chi connectivity index (χ3v) is 10.5. The number of thioether (sulfide) groups is 3. The van der Waals surface area contributed by atoms with Gasteiger partial charge in [0, 0.05) is 38.6 Å². The normalized spacial score (nSPS) is 19.3. The molecular formula is C21H22ClN9O6S4. The number of anilines is 1. The van der Waals surface area contributed by atoms with Crippen LogP contribution in [0.4, 0.5) is 5.13 Å². The monoisotopic (exact) mass is 659 g/mol. The Morgan fingerprint density at radius 2 is 2.10 bits per heavy atom. The molecule has 15 nitrogen and oxygen atoms in total. The third kappa shape index (κ3) is 6.65. The Balaban J connectivity index is 1.51. The second-order valence-electron chi connectivity index (χ2n) is 8.19. The molecule has 3 atom stereocenters. The first kappa shape index (κ1) is 30.7. The zero-order valence-electron chi connectivity index (χ0n) is 20.6. The van der Waals surface area contributed by atoms with Gasteiger partial charge in [-0.05, 0) is 6.07 Å². The Labute approximate surface area is 253 Å². The van der Waals surface area contributed by atoms with Gasteiger partial charge in [-0.15, -0.1) is 23.5 Å². The van der Waals surface area contributed by atoms with Crippen molar-refractivity contribution in [1.29, 1.82) is 0 Å². The maximum absolute atomic E-state index is 13.1. The molecule has 0 aromatic carbocycles. The molecule has 41 heavy (non-hydrogen) atoms. The van der Waals surface area contributed by atoms with E-state index in [1.165, 1.54) is 35.3 Å². The number of guanidine groups is 1. The average Bonchev–Trinajstić information content (AvgIpc) is 3.27. The number of fused-ring (bicyclic) bond motifs is 1. The van der Waals surface area contributed by atoms with Crippen LogP contribution in [0.2, 0.25) is 4.34 Å². The van der Waals surface area contributed by atoms with Crippen molar-refractivity contribution in [2.24, 2.45) is 21.6 Å². The number of carboxylic acid groups (broad SMARTS) is 1. The second kappa shape index (κ2) is 13.2. The number of carboxylic acids is 1. The van der Waals surface area contributed by atoms with Crippen molar-refractivity contribution in [2.45, 2.75) is 27.2 Å². The molecule has 218 valence electrons. The molecule has 10 N–H and O–H groups in total. The quantitative estimate of drug-likeness (QED) is 0.0424. The molecule has 2 aromatic heterocycles. The van der Waals surface area contributed by atoms with E-state index in [4.69, 9.17) is 28.8 Å². The van der Waals surface area contributed by atoms with E-state index in [0.717, 1.165) is 16.2 Å². The van der Waals surface area contributed by atoms with Gasteiger partial charge in [-0.1, -0.05) is 39.9 Å². The number of aliphatic hydroxyl groups is 1. The SMILES string of the molecule is NC(N)=NC(CO)CSc1cnccc1SC1=C(C(=O)O)N2C(=O)[C@@H](NC(=O)/C(=N\O)c3nc(N)sc3Cl)[C@@H]2SC1. The maximum atomic E-state index is 13.1. The number of nitrogens with two attached hydrogens (primary N) is 3. The van der Waals surface area contributed by atoms with Gasteiger partial charge in [0.1, 0.15) is 27.1 Å². The van der Waals surface area contributed by atoms with Crippen LogP contribution in [-0.4, -0.2) is 95.3 Å². The molecule has 0 radical (unpaired) electrons. The third-order valence-electron chi connectivity index (χ3n) is 5.52. The summed E-state index contributed by atoms with van der Waals surface area (Å²) in [5.41, 5.74) is 15.5. The lowest BCUT2D eigenvalue weighted by Crippen LogP contribution is -2.71. The number of β-lactam (4-membered cyclic amide) rings is 1. The van der Waals surface area contributed by atoms with Crippen LogP contribution < -0.4 is 22.5 Å². The summed E-state index contributed by atoms with van der Waals surface area (Å²) in [6.45, 7) is -0.273. The number of carbonyl (C=O) groups is 3. The second-order valence-corrected chi connectivity index (χ2v) is 13.1. The van der Waals surface area contributed by atoms with E-state index in [1.54, 1.807) is 18.5 Å². The Kier molecular flexibility index (Phi) is 9.87. The highest BCUT2D eigenvalue weighted by Gasteiger charge is 2.54. The molecule has 0 saturated carbocycles. The minimum atomic E-state index is -1.31. The number of nitrogen functional groups attached to an aromatic ring is 1. The highest BCUT2D eigenvalue weighted by atomic mass is 35.5. The van der Waals surface area contributed by atoms with Crippen LogP contribution in [0.3, 0.4) is 0 Å². The summed E-state index contributed by atoms with van der Waals surface area (Å²) in [6.07, 6.45) is 3.15. The molecular weight excluding hydrogens is 638 g/mol. The smallest absolute Gasteiger partial charge is 0.353 e. The number of aliphatic hydroxyl groups excluding tert-OH is 1. The number of aliphatic carboxylic acids is 1. The van der Waals surface area contributed by atoms with Crippen molar-refractivity contribution in [3.63, 3.8) is 0 Å². The lowest BCUT2D eigenvalue weighted by Gasteiger charge is -2.49. The maximum Gasteiger partial charge on any atom is 0.353 e. The van der Waals surface area contributed by atoms with Crippen LogP contribution in [0.25, 0.3) is 0 Å². The lowest BCUT2D eigenvalue weighted by atomic mass is 10.0. The Hall–Kier alpha value is -3.23. The Morgan fingerprint density at radius 1 is 1.34 bits per heavy atom. The minimum Gasteiger partial charge on any atom is -0.477 e. The number of hydrogen-bond acceptors (Lipinski definition) is 14. The van der Waals surface area contributed by atoms with Crippen molar-refractivity contribution in [3.8, 4) is 0 Å². The number of aliphatic imine (C=N–C) groups is 1. The molecule has 0 spiro atoms. The van der Waals surface area contributed by atoms with Gasteiger partial charge in [-0.2, -0.15) is 0 Å². The van der Waals surface area contributed by atoms with Gasteiger partial charge in [-0.25, -0.2) is 14.8 Å². The van der Waals surface area contributed by atoms with Crippen LogP contribution in [0.15, 0.2) is 49.0 Å². The Morgan fingerprint density at radius 3 is 2.71 bits per heavy atom. The van der Waals surface area contributed by atoms with Crippen LogP contribution in [-0.2, 0) is 14.4 Å². The molecule has 4 rings (SSSR count). The first-order chi connectivity index (χ1) is 19.5. The largest absolute Gasteiger partial charge is 0.477 e. The van der Waals surface area contributed by atoms with Gasteiger partial charge in [0.15, 0.2) is 16.8 Å². The first-order valence-electron chi connectivity index (χ1n) is 11.4. The fourth-order valence-corrected chi connectivity index (χ4v) is 8.35. The molecule has 2 aliphatic heterocycles. The number of carbonyl (C=O) groups excluding carboxylic acids is 2. The van der Waals surface area contributed by atoms with Crippen molar-refractivity contribution >= 4 is 92.8 Å². The number of hydrogen-bond donors (Lipinski definition) is 7. The van der Waals surface area contributed by atoms with E-state index >= 15 is 0 Å². The average molecular weight is 660 g/mol. The van der Waals surface area contributed by atoms with Crippen molar-refractivity contribution in [2.75, 3.05) is 23.8 Å². The number of halogens is 1. The van der Waals surface area contributed by atoms with Crippen LogP contribution >= 0.6 is 58.2 Å². The summed E-state index contributed by atoms with van der Waals surface area (Å²) in [5.74, 6) is -2.49. The van der Waals surface area contributed by atoms with Gasteiger partial charge in [0.05, 0.1) is 12.6 Å². The molecule has 2 aromatic rings. The summed E-state index contributed by atoms with van der Waals surface area (Å²) < 4.78 is 0.0218. The van der Waals surface area contributed by atoms with Crippen molar-refractivity contribution in [3.05, 3.63) is 39.1 Å². The van der Waals surface area contributed by atoms with E-state index in [9.17, 15) is 29.8 Å². The number of nitrogens with one attached hydrogen (secondary N) is 1. The van der Waals surface area contributed by atoms with E-state index in [2.05, 4.69) is 25.4 Å². The summed E-state index contributed by atoms with van der Waals surface area (Å²) >= 11 is 10.6. The number of pyridine rings is 1. The molecule has 2 aliphatic rings. The van der Waals surface area contributed by atoms with E-state index in [0.29, 0.717) is 20.4 Å². The molecule has 1 unspecified atom stereocenters. The molecule has 1 saturated heterocycles. The van der Waals surface area contributed by atoms with Gasteiger partial charge in [0.25, 0.3) is 11.8 Å². The van der Waals surface area contributed by atoms with Crippen LogP contribution in [0.5, 0.6) is 0 Å². The van der Waals surface area contributed by atoms with Gasteiger partial charge < -0.3 is 37.9 Å². The lowest BCUT2D eigenvalue weighted by molar-refractivity contribution is -0.150. The van der Waals surface area contributed by atoms with E-state index in [-0.39, 0.29) is 39.2 Å². The van der Waals surface area contributed by atoms with Crippen molar-refractivity contribution in [1.82, 2.24) is 20.2 Å². The highest BCUT2D eigenvalue weighted by Crippen LogP contribution is 2.46. The fraction of sp³-hybridized carbons (Fsp3) is 0.286. The zero-order valence-corrected chi connectivity index (χ0v) is 24.7. The summed E-state index contributed by atoms with van der Waals surface area (Å²) in [5, 5.41) is 33.7. The highest BCUT2D eigenvalue weighted by molar-refractivity contribution is 8.07. The van der Waals surface area contributed by atoms with Gasteiger partial charge in [-0.3, -0.25) is 19.5 Å².